The SMILES string of the molecule is Cc1nn(CCC(C)(C)O)c(C)c1C=O. The zero-order valence-electron chi connectivity index (χ0n) is 9.74. The van der Waals surface area contributed by atoms with Gasteiger partial charge in [-0.2, -0.15) is 5.10 Å². The first kappa shape index (κ1) is 11.9. The summed E-state index contributed by atoms with van der Waals surface area (Å²) >= 11 is 0. The van der Waals surface area contributed by atoms with E-state index in [0.717, 1.165) is 17.7 Å². The van der Waals surface area contributed by atoms with E-state index in [0.29, 0.717) is 18.5 Å². The summed E-state index contributed by atoms with van der Waals surface area (Å²) in [6, 6.07) is 0. The van der Waals surface area contributed by atoms with Gasteiger partial charge in [-0.05, 0) is 34.1 Å². The number of nitrogens with zero attached hydrogens (tertiary/aromatic N) is 2. The molecular weight excluding hydrogens is 192 g/mol. The van der Waals surface area contributed by atoms with Gasteiger partial charge >= 0.3 is 0 Å². The van der Waals surface area contributed by atoms with Gasteiger partial charge in [0.2, 0.25) is 0 Å². The molecule has 0 saturated carbocycles. The van der Waals surface area contributed by atoms with Gasteiger partial charge in [0.1, 0.15) is 0 Å². The highest BCUT2D eigenvalue weighted by atomic mass is 16.3. The predicted molar refractivity (Wildman–Crippen MR) is 58.0 cm³/mol. The maximum Gasteiger partial charge on any atom is 0.153 e. The van der Waals surface area contributed by atoms with E-state index >= 15 is 0 Å². The lowest BCUT2D eigenvalue weighted by atomic mass is 10.1. The molecule has 0 spiro atoms. The molecule has 0 atom stereocenters. The van der Waals surface area contributed by atoms with Crippen LogP contribution < -0.4 is 0 Å². The maximum absolute atomic E-state index is 10.8. The van der Waals surface area contributed by atoms with Crippen LogP contribution in [-0.4, -0.2) is 26.8 Å². The summed E-state index contributed by atoms with van der Waals surface area (Å²) in [7, 11) is 0. The molecular formula is C11H18N2O2. The van der Waals surface area contributed by atoms with Crippen LogP contribution in [0.4, 0.5) is 0 Å². The molecule has 1 heterocycles. The second-order valence-electron chi connectivity index (χ2n) is 4.49. The average Bonchev–Trinajstić information content (AvgIpc) is 2.37. The Morgan fingerprint density at radius 2 is 2.07 bits per heavy atom. The van der Waals surface area contributed by atoms with E-state index in [1.807, 2.05) is 13.8 Å². The van der Waals surface area contributed by atoms with E-state index < -0.39 is 5.60 Å². The van der Waals surface area contributed by atoms with E-state index in [1.165, 1.54) is 0 Å². The molecule has 0 saturated heterocycles. The Morgan fingerprint density at radius 3 is 2.47 bits per heavy atom. The lowest BCUT2D eigenvalue weighted by Gasteiger charge is -2.17. The summed E-state index contributed by atoms with van der Waals surface area (Å²) in [5.41, 5.74) is 1.57. The number of aliphatic hydroxyl groups is 1. The van der Waals surface area contributed by atoms with E-state index in [4.69, 9.17) is 0 Å². The van der Waals surface area contributed by atoms with Gasteiger partial charge in [-0.1, -0.05) is 0 Å². The topological polar surface area (TPSA) is 55.1 Å². The Kier molecular flexibility index (Phi) is 3.29. The second kappa shape index (κ2) is 4.14. The van der Waals surface area contributed by atoms with Crippen molar-refractivity contribution < 1.29 is 9.90 Å². The van der Waals surface area contributed by atoms with Crippen molar-refractivity contribution in [2.75, 3.05) is 0 Å². The maximum atomic E-state index is 10.8. The molecule has 0 radical (unpaired) electrons. The Morgan fingerprint density at radius 1 is 1.47 bits per heavy atom. The molecule has 1 aromatic rings. The number of aryl methyl sites for hydroxylation is 2. The molecule has 0 aliphatic carbocycles. The average molecular weight is 210 g/mol. The molecule has 1 N–H and O–H groups in total. The van der Waals surface area contributed by atoms with E-state index in [-0.39, 0.29) is 0 Å². The highest BCUT2D eigenvalue weighted by Crippen LogP contribution is 2.14. The number of aldehydes is 1. The summed E-state index contributed by atoms with van der Waals surface area (Å²) in [6.45, 7) is 7.84. The van der Waals surface area contributed by atoms with Gasteiger partial charge in [-0.3, -0.25) is 9.48 Å². The molecule has 0 aliphatic rings. The van der Waals surface area contributed by atoms with Gasteiger partial charge in [0.25, 0.3) is 0 Å². The number of carbonyl (C=O) groups is 1. The van der Waals surface area contributed by atoms with Gasteiger partial charge in [0, 0.05) is 12.2 Å². The fourth-order valence-corrected chi connectivity index (χ4v) is 1.48. The van der Waals surface area contributed by atoms with Crippen LogP contribution in [0.1, 0.15) is 42.0 Å². The summed E-state index contributed by atoms with van der Waals surface area (Å²) in [5.74, 6) is 0. The molecule has 1 rings (SSSR count). The first-order valence-electron chi connectivity index (χ1n) is 5.06. The van der Waals surface area contributed by atoms with Gasteiger partial charge in [-0.25, -0.2) is 0 Å². The summed E-state index contributed by atoms with van der Waals surface area (Å²) in [4.78, 5) is 10.8. The Labute approximate surface area is 89.9 Å². The largest absolute Gasteiger partial charge is 0.390 e. The first-order chi connectivity index (χ1) is 6.85. The van der Waals surface area contributed by atoms with E-state index in [2.05, 4.69) is 5.10 Å². The Hall–Kier alpha value is -1.16. The van der Waals surface area contributed by atoms with Gasteiger partial charge in [-0.15, -0.1) is 0 Å². The quantitative estimate of drug-likeness (QED) is 0.766. The van der Waals surface area contributed by atoms with Crippen molar-refractivity contribution in [3.63, 3.8) is 0 Å². The zero-order chi connectivity index (χ0) is 11.6. The third kappa shape index (κ3) is 2.89. The third-order valence-corrected chi connectivity index (χ3v) is 2.49. The van der Waals surface area contributed by atoms with E-state index in [1.54, 1.807) is 18.5 Å². The molecule has 0 bridgehead atoms. The first-order valence-corrected chi connectivity index (χ1v) is 5.06. The smallest absolute Gasteiger partial charge is 0.153 e. The van der Waals surface area contributed by atoms with Crippen LogP contribution in [0, 0.1) is 13.8 Å². The predicted octanol–water partition coefficient (Wildman–Crippen LogP) is 1.47. The van der Waals surface area contributed by atoms with Crippen LogP contribution in [0.2, 0.25) is 0 Å². The fourth-order valence-electron chi connectivity index (χ4n) is 1.48. The molecule has 0 amide bonds. The van der Waals surface area contributed by atoms with Gasteiger partial charge < -0.3 is 5.11 Å². The monoisotopic (exact) mass is 210 g/mol. The Balaban J connectivity index is 2.83. The minimum absolute atomic E-state index is 0.618. The second-order valence-corrected chi connectivity index (χ2v) is 4.49. The number of hydrogen-bond donors (Lipinski definition) is 1. The molecule has 4 heteroatoms. The van der Waals surface area contributed by atoms with Crippen molar-refractivity contribution in [1.29, 1.82) is 0 Å². The standard InChI is InChI=1S/C11H18N2O2/c1-8-10(7-14)9(2)13(12-8)6-5-11(3,4)15/h7,15H,5-6H2,1-4H3. The van der Waals surface area contributed by atoms with Crippen LogP contribution in [-0.2, 0) is 6.54 Å². The summed E-state index contributed by atoms with van der Waals surface area (Å²) in [6.07, 6.45) is 1.45. The highest BCUT2D eigenvalue weighted by Gasteiger charge is 2.15. The highest BCUT2D eigenvalue weighted by molar-refractivity contribution is 5.77. The minimum atomic E-state index is -0.701. The number of carbonyl (C=O) groups excluding carboxylic acids is 1. The normalized spacial score (nSPS) is 11.8. The van der Waals surface area contributed by atoms with Crippen molar-refractivity contribution in [3.8, 4) is 0 Å². The van der Waals surface area contributed by atoms with Crippen LogP contribution in [0.5, 0.6) is 0 Å². The molecule has 0 fully saturated rings. The Bertz CT molecular complexity index is 361. The molecule has 0 aliphatic heterocycles. The number of rotatable bonds is 4. The zero-order valence-corrected chi connectivity index (χ0v) is 9.74. The van der Waals surface area contributed by atoms with Crippen molar-refractivity contribution in [2.24, 2.45) is 0 Å². The van der Waals surface area contributed by atoms with Gasteiger partial charge in [0.05, 0.1) is 16.9 Å². The molecule has 84 valence electrons. The number of aromatic nitrogens is 2. The summed E-state index contributed by atoms with van der Waals surface area (Å²) in [5, 5.41) is 13.9. The molecule has 1 aromatic heterocycles. The van der Waals surface area contributed by atoms with Crippen LogP contribution >= 0.6 is 0 Å². The lowest BCUT2D eigenvalue weighted by Crippen LogP contribution is -2.21. The van der Waals surface area contributed by atoms with Crippen LogP contribution in [0.15, 0.2) is 0 Å². The molecule has 15 heavy (non-hydrogen) atoms. The fraction of sp³-hybridized carbons (Fsp3) is 0.636. The van der Waals surface area contributed by atoms with Gasteiger partial charge in [0.15, 0.2) is 6.29 Å². The van der Waals surface area contributed by atoms with Crippen molar-refractivity contribution in [1.82, 2.24) is 9.78 Å². The minimum Gasteiger partial charge on any atom is -0.390 e. The number of hydrogen-bond acceptors (Lipinski definition) is 3. The molecule has 4 nitrogen and oxygen atoms in total. The molecule has 0 aromatic carbocycles. The summed E-state index contributed by atoms with van der Waals surface area (Å²) < 4.78 is 1.77. The van der Waals surface area contributed by atoms with Crippen LogP contribution in [0.25, 0.3) is 0 Å². The lowest BCUT2D eigenvalue weighted by molar-refractivity contribution is 0.0649. The van der Waals surface area contributed by atoms with Crippen molar-refractivity contribution in [2.45, 2.75) is 46.3 Å². The van der Waals surface area contributed by atoms with E-state index in [9.17, 15) is 9.90 Å². The van der Waals surface area contributed by atoms with Crippen molar-refractivity contribution >= 4 is 6.29 Å². The van der Waals surface area contributed by atoms with Crippen LogP contribution in [0.3, 0.4) is 0 Å². The molecule has 0 unspecified atom stereocenters. The third-order valence-electron chi connectivity index (χ3n) is 2.49. The van der Waals surface area contributed by atoms with Crippen molar-refractivity contribution in [3.05, 3.63) is 17.0 Å².